The topological polar surface area (TPSA) is 125 Å². The lowest BCUT2D eigenvalue weighted by molar-refractivity contribution is -0.144. The number of aliphatic carboxylic acids is 2. The molecule has 1 aliphatic heterocycles. The normalized spacial score (nSPS) is 26.8. The van der Waals surface area contributed by atoms with Gasteiger partial charge in [0.05, 0.1) is 0 Å². The summed E-state index contributed by atoms with van der Waals surface area (Å²) in [4.78, 5) is 33.7. The van der Waals surface area contributed by atoms with Crippen LogP contribution in [0.2, 0.25) is 0 Å². The molecule has 2 atom stereocenters. The van der Waals surface area contributed by atoms with Crippen LogP contribution in [0, 0.1) is 0 Å². The summed E-state index contributed by atoms with van der Waals surface area (Å²) in [6.07, 6.45) is -1.13. The van der Waals surface area contributed by atoms with Crippen LogP contribution >= 0.6 is 0 Å². The van der Waals surface area contributed by atoms with Gasteiger partial charge in [0.25, 0.3) is 0 Å². The van der Waals surface area contributed by atoms with Crippen LogP contribution in [0.5, 0.6) is 0 Å². The Kier molecular flexibility index (Phi) is 4.04. The molecule has 4 N–H and O–H groups in total. The van der Waals surface area contributed by atoms with Gasteiger partial charge in [0, 0.05) is 13.0 Å². The number of carboxylic acid groups (broad SMARTS) is 2. The number of amides is 1. The molecule has 0 aromatic heterocycles. The molecule has 1 amide bonds. The summed E-state index contributed by atoms with van der Waals surface area (Å²) >= 11 is 0. The van der Waals surface area contributed by atoms with Gasteiger partial charge >= 0.3 is 18.0 Å². The molecule has 0 aromatic carbocycles. The lowest BCUT2D eigenvalue weighted by Gasteiger charge is -2.27. The molecule has 8 heteroatoms. The Bertz CT molecular complexity index is 402. The fraction of sp³-hybridized carbons (Fsp3) is 0.727. The van der Waals surface area contributed by atoms with Crippen molar-refractivity contribution in [2.24, 2.45) is 0 Å². The smallest absolute Gasteiger partial charge is 0.408 e. The molecule has 19 heavy (non-hydrogen) atoms. The van der Waals surface area contributed by atoms with Gasteiger partial charge < -0.3 is 25.6 Å². The molecule has 8 nitrogen and oxygen atoms in total. The monoisotopic (exact) mass is 274 g/mol. The molecule has 2 unspecified atom stereocenters. The molecule has 1 aliphatic rings. The van der Waals surface area contributed by atoms with Gasteiger partial charge in [-0.05, 0) is 20.8 Å². The summed E-state index contributed by atoms with van der Waals surface area (Å²) in [6.45, 7) is 4.77. The third-order valence-electron chi connectivity index (χ3n) is 2.65. The van der Waals surface area contributed by atoms with Crippen molar-refractivity contribution in [3.8, 4) is 0 Å². The SMILES string of the molecule is CC(C)(C)OC(=O)NC1(C(=O)O)CNC(C(=O)O)C1. The van der Waals surface area contributed by atoms with Gasteiger partial charge in [-0.25, -0.2) is 9.59 Å². The number of carbonyl (C=O) groups excluding carboxylic acids is 1. The molecule has 1 saturated heterocycles. The lowest BCUT2D eigenvalue weighted by atomic mass is 9.96. The van der Waals surface area contributed by atoms with E-state index in [0.717, 1.165) is 0 Å². The molecule has 1 rings (SSSR count). The first-order valence-corrected chi connectivity index (χ1v) is 5.76. The van der Waals surface area contributed by atoms with Crippen molar-refractivity contribution in [1.29, 1.82) is 0 Å². The van der Waals surface area contributed by atoms with Crippen molar-refractivity contribution in [1.82, 2.24) is 10.6 Å². The molecule has 0 aromatic rings. The van der Waals surface area contributed by atoms with E-state index in [0.29, 0.717) is 0 Å². The van der Waals surface area contributed by atoms with Crippen LogP contribution in [0.1, 0.15) is 27.2 Å². The maximum absolute atomic E-state index is 11.6. The number of carbonyl (C=O) groups is 3. The first-order valence-electron chi connectivity index (χ1n) is 5.76. The summed E-state index contributed by atoms with van der Waals surface area (Å²) in [5.74, 6) is -2.45. The van der Waals surface area contributed by atoms with Gasteiger partial charge in [-0.1, -0.05) is 0 Å². The maximum Gasteiger partial charge on any atom is 0.408 e. The fourth-order valence-electron chi connectivity index (χ4n) is 1.78. The minimum Gasteiger partial charge on any atom is -0.480 e. The van der Waals surface area contributed by atoms with Crippen molar-refractivity contribution in [3.63, 3.8) is 0 Å². The van der Waals surface area contributed by atoms with Gasteiger partial charge in [0.15, 0.2) is 5.54 Å². The first kappa shape index (κ1) is 15.2. The van der Waals surface area contributed by atoms with Gasteiger partial charge in [-0.2, -0.15) is 0 Å². The van der Waals surface area contributed by atoms with Crippen LogP contribution in [0.25, 0.3) is 0 Å². The molecular formula is C11H18N2O6. The van der Waals surface area contributed by atoms with E-state index >= 15 is 0 Å². The van der Waals surface area contributed by atoms with E-state index in [1.54, 1.807) is 20.8 Å². The van der Waals surface area contributed by atoms with Crippen LogP contribution < -0.4 is 10.6 Å². The summed E-state index contributed by atoms with van der Waals surface area (Å²) in [6, 6.07) is -1.01. The zero-order valence-corrected chi connectivity index (χ0v) is 11.0. The second kappa shape index (κ2) is 5.04. The van der Waals surface area contributed by atoms with E-state index in [4.69, 9.17) is 9.84 Å². The second-order valence-electron chi connectivity index (χ2n) is 5.49. The third kappa shape index (κ3) is 3.82. The largest absolute Gasteiger partial charge is 0.480 e. The fourth-order valence-corrected chi connectivity index (χ4v) is 1.78. The number of rotatable bonds is 3. The van der Waals surface area contributed by atoms with Crippen molar-refractivity contribution in [3.05, 3.63) is 0 Å². The zero-order chi connectivity index (χ0) is 14.8. The van der Waals surface area contributed by atoms with Crippen LogP contribution in [-0.4, -0.2) is 52.0 Å². The van der Waals surface area contributed by atoms with Crippen LogP contribution in [0.4, 0.5) is 4.79 Å². The summed E-state index contributed by atoms with van der Waals surface area (Å²) in [5, 5.41) is 22.8. The average molecular weight is 274 g/mol. The average Bonchev–Trinajstić information content (AvgIpc) is 2.60. The van der Waals surface area contributed by atoms with Crippen LogP contribution in [0.3, 0.4) is 0 Å². The minimum absolute atomic E-state index is 0.168. The molecule has 108 valence electrons. The molecular weight excluding hydrogens is 256 g/mol. The van der Waals surface area contributed by atoms with Crippen LogP contribution in [-0.2, 0) is 14.3 Å². The van der Waals surface area contributed by atoms with E-state index in [-0.39, 0.29) is 13.0 Å². The number of alkyl carbamates (subject to hydrolysis) is 1. The zero-order valence-electron chi connectivity index (χ0n) is 11.0. The van der Waals surface area contributed by atoms with Crippen molar-refractivity contribution in [2.45, 2.75) is 44.4 Å². The third-order valence-corrected chi connectivity index (χ3v) is 2.65. The molecule has 1 heterocycles. The number of carboxylic acids is 2. The first-order chi connectivity index (χ1) is 8.56. The Hall–Kier alpha value is -1.83. The van der Waals surface area contributed by atoms with E-state index in [9.17, 15) is 19.5 Å². The molecule has 0 radical (unpaired) electrons. The van der Waals surface area contributed by atoms with Crippen molar-refractivity contribution < 1.29 is 29.3 Å². The van der Waals surface area contributed by atoms with E-state index < -0.39 is 35.2 Å². The number of hydrogen-bond acceptors (Lipinski definition) is 5. The highest BCUT2D eigenvalue weighted by molar-refractivity contribution is 5.87. The molecule has 0 aliphatic carbocycles. The highest BCUT2D eigenvalue weighted by Gasteiger charge is 2.49. The number of nitrogens with one attached hydrogen (secondary N) is 2. The summed E-state index contributed by atoms with van der Waals surface area (Å²) in [7, 11) is 0. The lowest BCUT2D eigenvalue weighted by Crippen LogP contribution is -2.57. The summed E-state index contributed by atoms with van der Waals surface area (Å²) < 4.78 is 4.98. The second-order valence-corrected chi connectivity index (χ2v) is 5.49. The molecule has 1 fully saturated rings. The Balaban J connectivity index is 2.78. The minimum atomic E-state index is -1.66. The van der Waals surface area contributed by atoms with E-state index in [1.807, 2.05) is 0 Å². The predicted molar refractivity (Wildman–Crippen MR) is 63.8 cm³/mol. The molecule has 0 spiro atoms. The highest BCUT2D eigenvalue weighted by atomic mass is 16.6. The molecule has 0 saturated carbocycles. The van der Waals surface area contributed by atoms with Gasteiger partial charge in [-0.3, -0.25) is 4.79 Å². The van der Waals surface area contributed by atoms with Gasteiger partial charge in [-0.15, -0.1) is 0 Å². The Labute approximate surface area is 110 Å². The van der Waals surface area contributed by atoms with Crippen molar-refractivity contribution >= 4 is 18.0 Å². The van der Waals surface area contributed by atoms with Crippen LogP contribution in [0.15, 0.2) is 0 Å². The Morgan fingerprint density at radius 2 is 1.89 bits per heavy atom. The van der Waals surface area contributed by atoms with E-state index in [1.165, 1.54) is 0 Å². The summed E-state index contributed by atoms with van der Waals surface area (Å²) in [5.41, 5.74) is -2.42. The number of ether oxygens (including phenoxy) is 1. The maximum atomic E-state index is 11.6. The van der Waals surface area contributed by atoms with Gasteiger partial charge in [0.1, 0.15) is 11.6 Å². The number of hydrogen-bond donors (Lipinski definition) is 4. The Morgan fingerprint density at radius 1 is 1.32 bits per heavy atom. The van der Waals surface area contributed by atoms with Gasteiger partial charge in [0.2, 0.25) is 0 Å². The van der Waals surface area contributed by atoms with Crippen molar-refractivity contribution in [2.75, 3.05) is 6.54 Å². The predicted octanol–water partition coefficient (Wildman–Crippen LogP) is -0.219. The molecule has 0 bridgehead atoms. The highest BCUT2D eigenvalue weighted by Crippen LogP contribution is 2.21. The Morgan fingerprint density at radius 3 is 2.26 bits per heavy atom. The quantitative estimate of drug-likeness (QED) is 0.560. The van der Waals surface area contributed by atoms with E-state index in [2.05, 4.69) is 10.6 Å². The standard InChI is InChI=1S/C11H18N2O6/c1-10(2,3)19-9(18)13-11(8(16)17)4-6(7(14)15)12-5-11/h6,12H,4-5H2,1-3H3,(H,13,18)(H,14,15)(H,16,17).